The summed E-state index contributed by atoms with van der Waals surface area (Å²) in [6.45, 7) is 7.39. The van der Waals surface area contributed by atoms with E-state index in [1.807, 2.05) is 60.4 Å². The predicted molar refractivity (Wildman–Crippen MR) is 139 cm³/mol. The summed E-state index contributed by atoms with van der Waals surface area (Å²) in [4.78, 5) is 15.1. The first-order chi connectivity index (χ1) is 16.7. The van der Waals surface area contributed by atoms with E-state index in [9.17, 15) is 4.79 Å². The van der Waals surface area contributed by atoms with Crippen molar-refractivity contribution in [3.05, 3.63) is 54.1 Å². The van der Waals surface area contributed by atoms with Crippen LogP contribution in [0.4, 0.5) is 10.5 Å². The number of unbranched alkanes of at least 4 members (excludes halogenated alkanes) is 5. The Morgan fingerprint density at radius 2 is 1.59 bits per heavy atom. The van der Waals surface area contributed by atoms with Gasteiger partial charge in [-0.3, -0.25) is 0 Å². The van der Waals surface area contributed by atoms with E-state index in [0.29, 0.717) is 37.7 Å². The second kappa shape index (κ2) is 16.8. The third-order valence-corrected chi connectivity index (χ3v) is 5.56. The molecule has 0 aliphatic heterocycles. The predicted octanol–water partition coefficient (Wildman–Crippen LogP) is 6.90. The Hall–Kier alpha value is -2.73. The largest absolute Gasteiger partial charge is 0.494 e. The number of hydrogen-bond acceptors (Lipinski definition) is 4. The van der Waals surface area contributed by atoms with Gasteiger partial charge in [-0.2, -0.15) is 0 Å². The van der Waals surface area contributed by atoms with Gasteiger partial charge in [0.1, 0.15) is 11.5 Å². The van der Waals surface area contributed by atoms with Crippen LogP contribution in [0, 0.1) is 0 Å². The molecule has 0 heterocycles. The lowest BCUT2D eigenvalue weighted by Gasteiger charge is -2.24. The molecule has 2 amide bonds. The van der Waals surface area contributed by atoms with Crippen molar-refractivity contribution in [3.63, 3.8) is 0 Å². The fourth-order valence-corrected chi connectivity index (χ4v) is 3.65. The molecule has 2 aromatic carbocycles. The van der Waals surface area contributed by atoms with Gasteiger partial charge in [0.2, 0.25) is 0 Å². The lowest BCUT2D eigenvalue weighted by Crippen LogP contribution is -2.35. The van der Waals surface area contributed by atoms with Gasteiger partial charge < -0.3 is 24.4 Å². The highest BCUT2D eigenvalue weighted by Gasteiger charge is 2.16. The minimum atomic E-state index is -0.110. The van der Waals surface area contributed by atoms with Crippen molar-refractivity contribution in [1.82, 2.24) is 4.90 Å². The molecule has 0 unspecified atom stereocenters. The molecule has 0 radical (unpaired) electrons. The summed E-state index contributed by atoms with van der Waals surface area (Å²) in [6, 6.07) is 15.5. The van der Waals surface area contributed by atoms with E-state index in [2.05, 4.69) is 12.2 Å². The molecule has 0 aliphatic carbocycles. The van der Waals surface area contributed by atoms with Crippen LogP contribution in [0.2, 0.25) is 0 Å². The lowest BCUT2D eigenvalue weighted by molar-refractivity contribution is 0.184. The Balaban J connectivity index is 1.98. The van der Waals surface area contributed by atoms with Crippen LogP contribution in [0.15, 0.2) is 48.5 Å². The van der Waals surface area contributed by atoms with Crippen LogP contribution in [-0.4, -0.2) is 44.4 Å². The molecule has 0 saturated carbocycles. The summed E-state index contributed by atoms with van der Waals surface area (Å²) in [5, 5.41) is 3.05. The van der Waals surface area contributed by atoms with Crippen molar-refractivity contribution in [2.24, 2.45) is 0 Å². The summed E-state index contributed by atoms with van der Waals surface area (Å²) in [5.41, 5.74) is 1.77. The molecule has 0 spiro atoms. The zero-order valence-corrected chi connectivity index (χ0v) is 21.2. The van der Waals surface area contributed by atoms with Crippen LogP contribution >= 0.6 is 0 Å². The Bertz CT molecular complexity index is 810. The molecule has 0 aromatic heterocycles. The fourth-order valence-electron chi connectivity index (χ4n) is 3.65. The molecular formula is C28H42N2O4. The van der Waals surface area contributed by atoms with E-state index >= 15 is 0 Å². The van der Waals surface area contributed by atoms with Gasteiger partial charge in [-0.1, -0.05) is 56.9 Å². The number of urea groups is 1. The lowest BCUT2D eigenvalue weighted by atomic mass is 10.1. The number of amides is 2. The SMILES string of the molecule is CCCCCCCN(Cc1ccc(OCCCCOC)cc1)C(=O)Nc1ccccc1OCC. The number of ether oxygens (including phenoxy) is 3. The molecule has 188 valence electrons. The maximum absolute atomic E-state index is 13.2. The fraction of sp³-hybridized carbons (Fsp3) is 0.536. The topological polar surface area (TPSA) is 60.0 Å². The second-order valence-electron chi connectivity index (χ2n) is 8.39. The number of anilines is 1. The third-order valence-electron chi connectivity index (χ3n) is 5.56. The number of carbonyl (C=O) groups excluding carboxylic acids is 1. The van der Waals surface area contributed by atoms with E-state index in [-0.39, 0.29) is 6.03 Å². The van der Waals surface area contributed by atoms with Crippen LogP contribution in [0.3, 0.4) is 0 Å². The van der Waals surface area contributed by atoms with Gasteiger partial charge in [0.15, 0.2) is 0 Å². The Labute approximate surface area is 205 Å². The number of hydrogen-bond donors (Lipinski definition) is 1. The molecule has 6 heteroatoms. The molecule has 2 aromatic rings. The number of para-hydroxylation sites is 2. The highest BCUT2D eigenvalue weighted by molar-refractivity contribution is 5.91. The molecule has 0 bridgehead atoms. The van der Waals surface area contributed by atoms with Crippen molar-refractivity contribution in [1.29, 1.82) is 0 Å². The van der Waals surface area contributed by atoms with Gasteiger partial charge in [-0.05, 0) is 56.0 Å². The summed E-state index contributed by atoms with van der Waals surface area (Å²) in [6.07, 6.45) is 7.72. The Kier molecular flexibility index (Phi) is 13.6. The molecule has 0 fully saturated rings. The molecular weight excluding hydrogens is 428 g/mol. The average molecular weight is 471 g/mol. The van der Waals surface area contributed by atoms with Crippen molar-refractivity contribution >= 4 is 11.7 Å². The summed E-state index contributed by atoms with van der Waals surface area (Å²) in [5.74, 6) is 1.54. The normalized spacial score (nSPS) is 10.7. The van der Waals surface area contributed by atoms with Crippen molar-refractivity contribution < 1.29 is 19.0 Å². The maximum atomic E-state index is 13.2. The zero-order valence-electron chi connectivity index (χ0n) is 21.2. The highest BCUT2D eigenvalue weighted by Crippen LogP contribution is 2.24. The number of benzene rings is 2. The maximum Gasteiger partial charge on any atom is 0.322 e. The molecule has 1 N–H and O–H groups in total. The van der Waals surface area contributed by atoms with Gasteiger partial charge in [-0.15, -0.1) is 0 Å². The minimum absolute atomic E-state index is 0.110. The molecule has 0 atom stereocenters. The summed E-state index contributed by atoms with van der Waals surface area (Å²) >= 11 is 0. The quantitative estimate of drug-likeness (QED) is 0.256. The first-order valence-corrected chi connectivity index (χ1v) is 12.7. The van der Waals surface area contributed by atoms with Gasteiger partial charge in [0, 0.05) is 26.8 Å². The number of carbonyl (C=O) groups is 1. The van der Waals surface area contributed by atoms with Gasteiger partial charge in [0.25, 0.3) is 0 Å². The number of rotatable bonds is 17. The molecule has 0 saturated heterocycles. The van der Waals surface area contributed by atoms with Crippen LogP contribution in [0.1, 0.15) is 64.4 Å². The van der Waals surface area contributed by atoms with Gasteiger partial charge in [-0.25, -0.2) is 4.79 Å². The van der Waals surface area contributed by atoms with Crippen molar-refractivity contribution in [2.45, 2.75) is 65.3 Å². The van der Waals surface area contributed by atoms with Crippen molar-refractivity contribution in [3.8, 4) is 11.5 Å². The first kappa shape index (κ1) is 27.5. The first-order valence-electron chi connectivity index (χ1n) is 12.7. The second-order valence-corrected chi connectivity index (χ2v) is 8.39. The van der Waals surface area contributed by atoms with Crippen molar-refractivity contribution in [2.75, 3.05) is 38.8 Å². The smallest absolute Gasteiger partial charge is 0.322 e. The third kappa shape index (κ3) is 10.5. The van der Waals surface area contributed by atoms with E-state index in [1.54, 1.807) is 7.11 Å². The van der Waals surface area contributed by atoms with Crippen LogP contribution in [-0.2, 0) is 11.3 Å². The Morgan fingerprint density at radius 1 is 0.853 bits per heavy atom. The average Bonchev–Trinajstić information content (AvgIpc) is 2.85. The van der Waals surface area contributed by atoms with Crippen LogP contribution in [0.5, 0.6) is 11.5 Å². The number of nitrogens with one attached hydrogen (secondary N) is 1. The van der Waals surface area contributed by atoms with E-state index in [0.717, 1.165) is 43.6 Å². The monoisotopic (exact) mass is 470 g/mol. The zero-order chi connectivity index (χ0) is 24.4. The standard InChI is InChI=1S/C28H42N2O4/c1-4-6-7-8-11-20-30(28(31)29-26-14-9-10-15-27(26)33-5-2)23-24-16-18-25(19-17-24)34-22-13-12-21-32-3/h9-10,14-19H,4-8,11-13,20-23H2,1-3H3,(H,29,31). The van der Waals surface area contributed by atoms with Gasteiger partial charge >= 0.3 is 6.03 Å². The Morgan fingerprint density at radius 3 is 2.32 bits per heavy atom. The van der Waals surface area contributed by atoms with Crippen LogP contribution in [0.25, 0.3) is 0 Å². The molecule has 2 rings (SSSR count). The van der Waals surface area contributed by atoms with E-state index < -0.39 is 0 Å². The van der Waals surface area contributed by atoms with E-state index in [1.165, 1.54) is 19.3 Å². The van der Waals surface area contributed by atoms with Gasteiger partial charge in [0.05, 0.1) is 18.9 Å². The molecule has 6 nitrogen and oxygen atoms in total. The highest BCUT2D eigenvalue weighted by atomic mass is 16.5. The molecule has 0 aliphatic rings. The summed E-state index contributed by atoms with van der Waals surface area (Å²) < 4.78 is 16.6. The summed E-state index contributed by atoms with van der Waals surface area (Å²) in [7, 11) is 1.71. The number of methoxy groups -OCH3 is 1. The van der Waals surface area contributed by atoms with Crippen LogP contribution < -0.4 is 14.8 Å². The van der Waals surface area contributed by atoms with E-state index in [4.69, 9.17) is 14.2 Å². The molecule has 34 heavy (non-hydrogen) atoms. The minimum Gasteiger partial charge on any atom is -0.494 e. The number of nitrogens with zero attached hydrogens (tertiary/aromatic N) is 1.